The molecule has 21 heavy (non-hydrogen) atoms. The van der Waals surface area contributed by atoms with Crippen molar-refractivity contribution in [2.75, 3.05) is 19.7 Å². The van der Waals surface area contributed by atoms with E-state index in [0.29, 0.717) is 6.54 Å². The maximum Gasteiger partial charge on any atom is 0.253 e. The maximum absolute atomic E-state index is 12.6. The van der Waals surface area contributed by atoms with Crippen LogP contribution in [0, 0.1) is 0 Å². The Morgan fingerprint density at radius 3 is 2.90 bits per heavy atom. The van der Waals surface area contributed by atoms with Crippen LogP contribution in [0.5, 0.6) is 0 Å². The Balaban J connectivity index is 0.00000161. The molecule has 5 heteroatoms. The summed E-state index contributed by atoms with van der Waals surface area (Å²) in [6, 6.07) is 6.06. The van der Waals surface area contributed by atoms with Gasteiger partial charge in [-0.2, -0.15) is 0 Å². The molecule has 2 aliphatic heterocycles. The monoisotopic (exact) mass is 310 g/mol. The van der Waals surface area contributed by atoms with Crippen LogP contribution in [0.2, 0.25) is 0 Å². The van der Waals surface area contributed by atoms with Gasteiger partial charge in [-0.1, -0.05) is 6.07 Å². The van der Waals surface area contributed by atoms with E-state index in [-0.39, 0.29) is 24.4 Å². The zero-order chi connectivity index (χ0) is 13.9. The lowest BCUT2D eigenvalue weighted by molar-refractivity contribution is 0.0539. The van der Waals surface area contributed by atoms with Crippen LogP contribution in [-0.2, 0) is 17.8 Å². The van der Waals surface area contributed by atoms with Gasteiger partial charge in [-0.15, -0.1) is 12.4 Å². The van der Waals surface area contributed by atoms with Crippen molar-refractivity contribution in [1.82, 2.24) is 10.2 Å². The minimum absolute atomic E-state index is 0. The highest BCUT2D eigenvalue weighted by Crippen LogP contribution is 2.19. The third kappa shape index (κ3) is 3.57. The van der Waals surface area contributed by atoms with Crippen LogP contribution < -0.4 is 5.32 Å². The average molecular weight is 311 g/mol. The number of carbonyl (C=O) groups excluding carboxylic acids is 1. The molecule has 0 aliphatic carbocycles. The zero-order valence-electron chi connectivity index (χ0n) is 12.4. The number of ether oxygens (including phenoxy) is 1. The molecule has 1 aromatic carbocycles. The summed E-state index contributed by atoms with van der Waals surface area (Å²) in [5.74, 6) is 0.123. The van der Waals surface area contributed by atoms with Gasteiger partial charge in [-0.3, -0.25) is 4.79 Å². The Morgan fingerprint density at radius 2 is 2.19 bits per heavy atom. The maximum atomic E-state index is 12.6. The molecule has 0 bridgehead atoms. The van der Waals surface area contributed by atoms with E-state index in [2.05, 4.69) is 11.4 Å². The van der Waals surface area contributed by atoms with Gasteiger partial charge in [0.1, 0.15) is 0 Å². The fourth-order valence-corrected chi connectivity index (χ4v) is 3.00. The second kappa shape index (κ2) is 7.25. The van der Waals surface area contributed by atoms with Crippen LogP contribution in [0.15, 0.2) is 18.2 Å². The van der Waals surface area contributed by atoms with Crippen LogP contribution >= 0.6 is 12.4 Å². The van der Waals surface area contributed by atoms with E-state index in [9.17, 15) is 4.79 Å². The second-order valence-corrected chi connectivity index (χ2v) is 5.57. The van der Waals surface area contributed by atoms with Crippen molar-refractivity contribution in [2.24, 2.45) is 0 Å². The summed E-state index contributed by atoms with van der Waals surface area (Å²) in [7, 11) is 0. The summed E-state index contributed by atoms with van der Waals surface area (Å²) < 4.78 is 5.64. The van der Waals surface area contributed by atoms with Gasteiger partial charge < -0.3 is 15.0 Å². The molecule has 0 saturated carbocycles. The van der Waals surface area contributed by atoms with Crippen molar-refractivity contribution in [3.8, 4) is 0 Å². The van der Waals surface area contributed by atoms with E-state index in [4.69, 9.17) is 4.74 Å². The van der Waals surface area contributed by atoms with Crippen molar-refractivity contribution in [2.45, 2.75) is 39.0 Å². The van der Waals surface area contributed by atoms with E-state index in [1.807, 2.05) is 24.0 Å². The van der Waals surface area contributed by atoms with Crippen LogP contribution in [-0.4, -0.2) is 36.6 Å². The van der Waals surface area contributed by atoms with E-state index in [1.54, 1.807) is 0 Å². The molecule has 1 aromatic rings. The molecule has 4 nitrogen and oxygen atoms in total. The van der Waals surface area contributed by atoms with Gasteiger partial charge in [-0.25, -0.2) is 0 Å². The van der Waals surface area contributed by atoms with Crippen LogP contribution in [0.3, 0.4) is 0 Å². The van der Waals surface area contributed by atoms with E-state index in [1.165, 1.54) is 11.1 Å². The highest BCUT2D eigenvalue weighted by Gasteiger charge is 2.23. The number of fused-ring (bicyclic) bond motifs is 1. The number of benzene rings is 1. The van der Waals surface area contributed by atoms with Crippen molar-refractivity contribution < 1.29 is 9.53 Å². The number of hydrogen-bond donors (Lipinski definition) is 1. The zero-order valence-corrected chi connectivity index (χ0v) is 13.2. The van der Waals surface area contributed by atoms with E-state index in [0.717, 1.165) is 44.6 Å². The molecule has 3 rings (SSSR count). The first-order valence-electron chi connectivity index (χ1n) is 7.51. The highest BCUT2D eigenvalue weighted by atomic mass is 35.5. The Bertz CT molecular complexity index is 501. The Hall–Kier alpha value is -1.10. The van der Waals surface area contributed by atoms with Gasteiger partial charge in [0.25, 0.3) is 5.91 Å². The lowest BCUT2D eigenvalue weighted by Gasteiger charge is -2.24. The summed E-state index contributed by atoms with van der Waals surface area (Å²) in [4.78, 5) is 14.5. The minimum Gasteiger partial charge on any atom is -0.376 e. The molecule has 1 unspecified atom stereocenters. The Labute approximate surface area is 132 Å². The first kappa shape index (κ1) is 16.3. The predicted octanol–water partition coefficient (Wildman–Crippen LogP) is 2.35. The number of hydrogen-bond acceptors (Lipinski definition) is 3. The normalized spacial score (nSPS) is 20.0. The molecule has 2 aliphatic rings. The van der Waals surface area contributed by atoms with E-state index < -0.39 is 0 Å². The third-order valence-electron chi connectivity index (χ3n) is 4.20. The molecule has 1 saturated heterocycles. The molecule has 2 heterocycles. The third-order valence-corrected chi connectivity index (χ3v) is 4.20. The van der Waals surface area contributed by atoms with Crippen molar-refractivity contribution in [3.63, 3.8) is 0 Å². The molecule has 0 radical (unpaired) electrons. The minimum atomic E-state index is 0. The Kier molecular flexibility index (Phi) is 5.62. The van der Waals surface area contributed by atoms with Gasteiger partial charge in [-0.05, 0) is 43.0 Å². The molecule has 1 fully saturated rings. The van der Waals surface area contributed by atoms with Crippen molar-refractivity contribution in [3.05, 3.63) is 34.9 Å². The fourth-order valence-electron chi connectivity index (χ4n) is 3.00. The largest absolute Gasteiger partial charge is 0.376 e. The van der Waals surface area contributed by atoms with Crippen LogP contribution in [0.4, 0.5) is 0 Å². The number of rotatable bonds is 4. The first-order valence-corrected chi connectivity index (χ1v) is 7.51. The smallest absolute Gasteiger partial charge is 0.253 e. The lowest BCUT2D eigenvalue weighted by Crippen LogP contribution is -2.37. The van der Waals surface area contributed by atoms with Crippen LogP contribution in [0.1, 0.15) is 41.3 Å². The molecular weight excluding hydrogens is 288 g/mol. The molecule has 1 atom stereocenters. The van der Waals surface area contributed by atoms with E-state index >= 15 is 0 Å². The second-order valence-electron chi connectivity index (χ2n) is 5.57. The number of halogens is 1. The van der Waals surface area contributed by atoms with Crippen molar-refractivity contribution >= 4 is 18.3 Å². The molecule has 116 valence electrons. The van der Waals surface area contributed by atoms with Gasteiger partial charge in [0.2, 0.25) is 0 Å². The summed E-state index contributed by atoms with van der Waals surface area (Å²) in [5.41, 5.74) is 3.36. The summed E-state index contributed by atoms with van der Waals surface area (Å²) in [6.45, 7) is 6.09. The van der Waals surface area contributed by atoms with Gasteiger partial charge in [0.05, 0.1) is 6.10 Å². The average Bonchev–Trinajstić information content (AvgIpc) is 3.14. The molecule has 1 amide bonds. The summed E-state index contributed by atoms with van der Waals surface area (Å²) in [5, 5.41) is 3.31. The quantitative estimate of drug-likeness (QED) is 0.928. The van der Waals surface area contributed by atoms with Gasteiger partial charge in [0, 0.05) is 38.3 Å². The number of nitrogens with one attached hydrogen (secondary N) is 1. The topological polar surface area (TPSA) is 41.6 Å². The Morgan fingerprint density at radius 1 is 1.38 bits per heavy atom. The lowest BCUT2D eigenvalue weighted by atomic mass is 10.1. The number of nitrogens with zero attached hydrogens (tertiary/aromatic N) is 1. The number of carbonyl (C=O) groups is 1. The number of likely N-dealkylation sites (N-methyl/N-ethyl adjacent to an activating group) is 1. The summed E-state index contributed by atoms with van der Waals surface area (Å²) in [6.07, 6.45) is 2.40. The van der Waals surface area contributed by atoms with Crippen molar-refractivity contribution in [1.29, 1.82) is 0 Å². The molecule has 0 spiro atoms. The van der Waals surface area contributed by atoms with Gasteiger partial charge in [0.15, 0.2) is 0 Å². The summed E-state index contributed by atoms with van der Waals surface area (Å²) >= 11 is 0. The standard InChI is InChI=1S/C16H22N2O2.ClH/c1-2-18(11-15-4-3-7-20-15)16(19)12-5-6-13-9-17-10-14(13)8-12;/h5-6,8,15,17H,2-4,7,9-11H2,1H3;1H. The number of amides is 1. The molecular formula is C16H23ClN2O2. The predicted molar refractivity (Wildman–Crippen MR) is 84.8 cm³/mol. The van der Waals surface area contributed by atoms with Crippen LogP contribution in [0.25, 0.3) is 0 Å². The van der Waals surface area contributed by atoms with Gasteiger partial charge >= 0.3 is 0 Å². The molecule has 1 N–H and O–H groups in total. The molecule has 0 aromatic heterocycles. The SMILES string of the molecule is CCN(CC1CCCO1)C(=O)c1ccc2c(c1)CNC2.Cl. The highest BCUT2D eigenvalue weighted by molar-refractivity contribution is 5.94. The first-order chi connectivity index (χ1) is 9.78. The fraction of sp³-hybridized carbons (Fsp3) is 0.562.